The first-order valence-corrected chi connectivity index (χ1v) is 9.86. The number of hydrogen-bond acceptors (Lipinski definition) is 5. The molecule has 0 spiro atoms. The highest BCUT2D eigenvalue weighted by atomic mass is 32.2. The predicted octanol–water partition coefficient (Wildman–Crippen LogP) is 3.61. The number of amides is 1. The average Bonchev–Trinajstić information content (AvgIpc) is 2.68. The Kier molecular flexibility index (Phi) is 8.48. The molecule has 146 valence electrons. The van der Waals surface area contributed by atoms with Crippen molar-refractivity contribution in [3.63, 3.8) is 0 Å². The minimum absolute atomic E-state index is 0.0609. The Hall–Kier alpha value is -2.18. The van der Waals surface area contributed by atoms with Gasteiger partial charge in [-0.1, -0.05) is 12.1 Å². The molecule has 0 aliphatic heterocycles. The number of benzene rings is 2. The lowest BCUT2D eigenvalue weighted by Crippen LogP contribution is -2.34. The maximum absolute atomic E-state index is 12.2. The van der Waals surface area contributed by atoms with Gasteiger partial charge in [-0.15, -0.1) is 11.8 Å². The molecule has 2 rings (SSSR count). The summed E-state index contributed by atoms with van der Waals surface area (Å²) in [4.78, 5) is 15.5. The zero-order chi connectivity index (χ0) is 19.6. The third-order valence-electron chi connectivity index (χ3n) is 4.25. The van der Waals surface area contributed by atoms with Crippen LogP contribution in [0.5, 0.6) is 11.5 Å². The highest BCUT2D eigenvalue weighted by molar-refractivity contribution is 7.99. The first-order valence-electron chi connectivity index (χ1n) is 8.87. The third-order valence-corrected chi connectivity index (χ3v) is 5.27. The van der Waals surface area contributed by atoms with E-state index in [1.807, 2.05) is 56.6 Å². The summed E-state index contributed by atoms with van der Waals surface area (Å²) in [5, 5.41) is 3.05. The summed E-state index contributed by atoms with van der Waals surface area (Å²) in [5.41, 5.74) is 1.12. The quantitative estimate of drug-likeness (QED) is 0.630. The van der Waals surface area contributed by atoms with E-state index >= 15 is 0 Å². The van der Waals surface area contributed by atoms with Crippen molar-refractivity contribution in [2.24, 2.45) is 0 Å². The average molecular weight is 389 g/mol. The smallest absolute Gasteiger partial charge is 0.220 e. The van der Waals surface area contributed by atoms with E-state index in [-0.39, 0.29) is 11.9 Å². The Labute approximate surface area is 166 Å². The molecule has 0 saturated carbocycles. The highest BCUT2D eigenvalue weighted by Crippen LogP contribution is 2.23. The number of nitrogens with one attached hydrogen (secondary N) is 1. The fourth-order valence-electron chi connectivity index (χ4n) is 2.68. The monoisotopic (exact) mass is 388 g/mol. The van der Waals surface area contributed by atoms with E-state index in [1.165, 1.54) is 0 Å². The van der Waals surface area contributed by atoms with E-state index in [4.69, 9.17) is 9.47 Å². The molecule has 2 aromatic rings. The maximum Gasteiger partial charge on any atom is 0.220 e. The highest BCUT2D eigenvalue weighted by Gasteiger charge is 2.16. The zero-order valence-corrected chi connectivity index (χ0v) is 17.2. The van der Waals surface area contributed by atoms with E-state index in [0.29, 0.717) is 13.0 Å². The van der Waals surface area contributed by atoms with E-state index in [2.05, 4.69) is 16.3 Å². The molecule has 1 unspecified atom stereocenters. The van der Waals surface area contributed by atoms with Crippen LogP contribution in [0, 0.1) is 0 Å². The molecule has 0 bridgehead atoms. The molecular formula is C21H28N2O3S. The van der Waals surface area contributed by atoms with Gasteiger partial charge in [0.2, 0.25) is 5.91 Å². The van der Waals surface area contributed by atoms with Crippen molar-refractivity contribution >= 4 is 17.7 Å². The van der Waals surface area contributed by atoms with E-state index in [1.54, 1.807) is 26.0 Å². The molecule has 0 aliphatic carbocycles. The number of carbonyl (C=O) groups is 1. The molecule has 0 fully saturated rings. The van der Waals surface area contributed by atoms with Gasteiger partial charge in [0.05, 0.1) is 20.3 Å². The summed E-state index contributed by atoms with van der Waals surface area (Å²) in [5.74, 6) is 2.46. The molecule has 5 nitrogen and oxygen atoms in total. The summed E-state index contributed by atoms with van der Waals surface area (Å²) in [7, 11) is 7.33. The minimum atomic E-state index is 0.0609. The maximum atomic E-state index is 12.2. The van der Waals surface area contributed by atoms with Gasteiger partial charge >= 0.3 is 0 Å². The van der Waals surface area contributed by atoms with Crippen LogP contribution in [0.15, 0.2) is 53.4 Å². The van der Waals surface area contributed by atoms with Crippen LogP contribution < -0.4 is 14.8 Å². The Bertz CT molecular complexity index is 720. The summed E-state index contributed by atoms with van der Waals surface area (Å²) >= 11 is 1.67. The molecule has 1 N–H and O–H groups in total. The number of methoxy groups -OCH3 is 2. The Balaban J connectivity index is 1.81. The number of ether oxygens (including phenoxy) is 2. The molecule has 0 aromatic heterocycles. The topological polar surface area (TPSA) is 50.8 Å². The normalized spacial score (nSPS) is 11.9. The van der Waals surface area contributed by atoms with Crippen LogP contribution in [0.1, 0.15) is 18.0 Å². The van der Waals surface area contributed by atoms with Crippen LogP contribution >= 0.6 is 11.8 Å². The number of thioether (sulfide) groups is 1. The summed E-state index contributed by atoms with van der Waals surface area (Å²) < 4.78 is 10.5. The van der Waals surface area contributed by atoms with Crippen molar-refractivity contribution in [2.75, 3.05) is 40.6 Å². The van der Waals surface area contributed by atoms with Gasteiger partial charge in [-0.05, 0) is 56.1 Å². The number of nitrogens with zero attached hydrogens (tertiary/aromatic N) is 1. The number of rotatable bonds is 10. The second kappa shape index (κ2) is 10.8. The van der Waals surface area contributed by atoms with Crippen molar-refractivity contribution in [1.29, 1.82) is 0 Å². The first-order chi connectivity index (χ1) is 13.0. The number of likely N-dealkylation sites (N-methyl/N-ethyl adjacent to an activating group) is 1. The Morgan fingerprint density at radius 3 is 2.41 bits per heavy atom. The van der Waals surface area contributed by atoms with Crippen LogP contribution in [0.3, 0.4) is 0 Å². The van der Waals surface area contributed by atoms with E-state index in [0.717, 1.165) is 27.7 Å². The summed E-state index contributed by atoms with van der Waals surface area (Å²) in [6.07, 6.45) is 0.481. The summed E-state index contributed by atoms with van der Waals surface area (Å²) in [6.45, 7) is 0.562. The lowest BCUT2D eigenvalue weighted by Gasteiger charge is -2.25. The van der Waals surface area contributed by atoms with Gasteiger partial charge in [0.15, 0.2) is 0 Å². The zero-order valence-electron chi connectivity index (χ0n) is 16.4. The van der Waals surface area contributed by atoms with Crippen LogP contribution in [0.4, 0.5) is 0 Å². The van der Waals surface area contributed by atoms with Crippen molar-refractivity contribution in [2.45, 2.75) is 17.4 Å². The van der Waals surface area contributed by atoms with Crippen molar-refractivity contribution in [3.8, 4) is 11.5 Å². The van der Waals surface area contributed by atoms with Gasteiger partial charge in [-0.25, -0.2) is 0 Å². The van der Waals surface area contributed by atoms with Crippen molar-refractivity contribution < 1.29 is 14.3 Å². The second-order valence-electron chi connectivity index (χ2n) is 6.33. The fraction of sp³-hybridized carbons (Fsp3) is 0.381. The molecule has 1 amide bonds. The molecule has 0 aliphatic rings. The fourth-order valence-corrected chi connectivity index (χ4v) is 3.53. The van der Waals surface area contributed by atoms with Crippen molar-refractivity contribution in [1.82, 2.24) is 10.2 Å². The second-order valence-corrected chi connectivity index (χ2v) is 7.50. The van der Waals surface area contributed by atoms with Gasteiger partial charge in [0.25, 0.3) is 0 Å². The third kappa shape index (κ3) is 6.81. The van der Waals surface area contributed by atoms with Crippen LogP contribution in [0.2, 0.25) is 0 Å². The van der Waals surface area contributed by atoms with Gasteiger partial charge in [0.1, 0.15) is 11.5 Å². The molecule has 1 atom stereocenters. The van der Waals surface area contributed by atoms with Gasteiger partial charge in [-0.2, -0.15) is 0 Å². The standard InChI is InChI=1S/C21H28N2O3S/c1-23(2)20(16-6-5-7-18(14-16)26-4)15-22-21(24)12-13-27-19-10-8-17(25-3)9-11-19/h5-11,14,20H,12-13,15H2,1-4H3,(H,22,24). The Morgan fingerprint density at radius 2 is 1.78 bits per heavy atom. The van der Waals surface area contributed by atoms with Crippen molar-refractivity contribution in [3.05, 3.63) is 54.1 Å². The van der Waals surface area contributed by atoms with E-state index in [9.17, 15) is 4.79 Å². The van der Waals surface area contributed by atoms with Crippen LogP contribution in [-0.4, -0.2) is 51.4 Å². The molecule has 0 saturated heterocycles. The van der Waals surface area contributed by atoms with Crippen LogP contribution in [-0.2, 0) is 4.79 Å². The predicted molar refractivity (Wildman–Crippen MR) is 111 cm³/mol. The lowest BCUT2D eigenvalue weighted by atomic mass is 10.1. The minimum Gasteiger partial charge on any atom is -0.497 e. The molecular weight excluding hydrogens is 360 g/mol. The Morgan fingerprint density at radius 1 is 1.07 bits per heavy atom. The number of hydrogen-bond donors (Lipinski definition) is 1. The SMILES string of the molecule is COc1ccc(SCCC(=O)NCC(c2cccc(OC)c2)N(C)C)cc1. The lowest BCUT2D eigenvalue weighted by molar-refractivity contribution is -0.120. The van der Waals surface area contributed by atoms with E-state index < -0.39 is 0 Å². The molecule has 6 heteroatoms. The van der Waals surface area contributed by atoms with Gasteiger partial charge in [0, 0.05) is 23.6 Å². The molecule has 2 aromatic carbocycles. The largest absolute Gasteiger partial charge is 0.497 e. The first kappa shape index (κ1) is 21.1. The summed E-state index contributed by atoms with van der Waals surface area (Å²) in [6, 6.07) is 15.9. The number of carbonyl (C=O) groups excluding carboxylic acids is 1. The van der Waals surface area contributed by atoms with Crippen LogP contribution in [0.25, 0.3) is 0 Å². The molecule has 0 radical (unpaired) electrons. The molecule has 27 heavy (non-hydrogen) atoms. The van der Waals surface area contributed by atoms with Gasteiger partial charge < -0.3 is 19.7 Å². The molecule has 0 heterocycles. The van der Waals surface area contributed by atoms with Gasteiger partial charge in [-0.3, -0.25) is 4.79 Å².